The summed E-state index contributed by atoms with van der Waals surface area (Å²) in [4.78, 5) is 4.27. The molecule has 72 valence electrons. The van der Waals surface area contributed by atoms with Crippen molar-refractivity contribution in [2.45, 2.75) is 25.3 Å². The Balaban J connectivity index is 1.73. The number of hydroxylamine groups is 1. The van der Waals surface area contributed by atoms with Crippen molar-refractivity contribution in [2.24, 2.45) is 34.4 Å². The minimum absolute atomic E-state index is 0.179. The quantitative estimate of drug-likeness (QED) is 0.310. The number of guanidine groups is 1. The first-order chi connectivity index (χ1) is 6.31. The van der Waals surface area contributed by atoms with Crippen molar-refractivity contribution < 1.29 is 5.21 Å². The maximum atomic E-state index is 8.52. The van der Waals surface area contributed by atoms with E-state index in [-0.39, 0.29) is 5.96 Å². The van der Waals surface area contributed by atoms with Crippen LogP contribution in [0.4, 0.5) is 0 Å². The van der Waals surface area contributed by atoms with E-state index in [4.69, 9.17) is 10.9 Å². The van der Waals surface area contributed by atoms with E-state index < -0.39 is 0 Å². The Bertz CT molecular complexity index is 250. The SMILES string of the molecule is NC(=NC1C2C3CCC(C3)C12)NO. The number of nitrogens with two attached hydrogens (primary N) is 1. The van der Waals surface area contributed by atoms with Gasteiger partial charge in [0.1, 0.15) is 0 Å². The Morgan fingerprint density at radius 3 is 2.46 bits per heavy atom. The van der Waals surface area contributed by atoms with Crippen LogP contribution in [0.3, 0.4) is 0 Å². The number of hydrogen-bond donors (Lipinski definition) is 3. The molecular formula is C9H15N3O. The summed E-state index contributed by atoms with van der Waals surface area (Å²) in [6.07, 6.45) is 4.21. The molecule has 0 aromatic heterocycles. The molecule has 0 amide bonds. The Morgan fingerprint density at radius 2 is 1.92 bits per heavy atom. The van der Waals surface area contributed by atoms with E-state index in [0.717, 1.165) is 23.7 Å². The minimum atomic E-state index is 0.179. The molecule has 0 aromatic carbocycles. The predicted octanol–water partition coefficient (Wildman–Crippen LogP) is 0.324. The molecule has 3 aliphatic rings. The van der Waals surface area contributed by atoms with Gasteiger partial charge in [0.05, 0.1) is 6.04 Å². The van der Waals surface area contributed by atoms with Crippen LogP contribution in [0.15, 0.2) is 4.99 Å². The number of fused-ring (bicyclic) bond motifs is 5. The van der Waals surface area contributed by atoms with Gasteiger partial charge >= 0.3 is 0 Å². The molecule has 3 rings (SSSR count). The highest BCUT2D eigenvalue weighted by molar-refractivity contribution is 5.77. The topological polar surface area (TPSA) is 70.6 Å². The first-order valence-corrected chi connectivity index (χ1v) is 5.04. The van der Waals surface area contributed by atoms with Crippen LogP contribution in [0.5, 0.6) is 0 Å². The summed E-state index contributed by atoms with van der Waals surface area (Å²) in [5, 5.41) is 8.52. The number of nitrogens with one attached hydrogen (secondary N) is 1. The Morgan fingerprint density at radius 1 is 1.31 bits per heavy atom. The van der Waals surface area contributed by atoms with Crippen LogP contribution in [-0.4, -0.2) is 17.2 Å². The Hall–Kier alpha value is -0.770. The van der Waals surface area contributed by atoms with E-state index in [0.29, 0.717) is 6.04 Å². The van der Waals surface area contributed by atoms with Gasteiger partial charge in [-0.05, 0) is 42.9 Å². The van der Waals surface area contributed by atoms with Crippen molar-refractivity contribution >= 4 is 5.96 Å². The van der Waals surface area contributed by atoms with Crippen molar-refractivity contribution in [3.8, 4) is 0 Å². The average molecular weight is 181 g/mol. The van der Waals surface area contributed by atoms with E-state index >= 15 is 0 Å². The molecular weight excluding hydrogens is 166 g/mol. The molecule has 4 nitrogen and oxygen atoms in total. The smallest absolute Gasteiger partial charge is 0.213 e. The zero-order chi connectivity index (χ0) is 9.00. The molecule has 0 aliphatic heterocycles. The monoisotopic (exact) mass is 181 g/mol. The molecule has 0 radical (unpaired) electrons. The molecule has 4 atom stereocenters. The lowest BCUT2D eigenvalue weighted by Crippen LogP contribution is -2.29. The molecule has 3 saturated carbocycles. The second kappa shape index (κ2) is 2.38. The third kappa shape index (κ3) is 0.921. The van der Waals surface area contributed by atoms with Gasteiger partial charge in [-0.1, -0.05) is 0 Å². The zero-order valence-electron chi connectivity index (χ0n) is 7.48. The van der Waals surface area contributed by atoms with Gasteiger partial charge in [-0.25, -0.2) is 10.5 Å². The number of aliphatic imine (C=N–C) groups is 1. The molecule has 0 spiro atoms. The molecule has 13 heavy (non-hydrogen) atoms. The number of hydrogen-bond acceptors (Lipinski definition) is 2. The van der Waals surface area contributed by atoms with E-state index in [9.17, 15) is 0 Å². The third-order valence-corrected chi connectivity index (χ3v) is 4.10. The first kappa shape index (κ1) is 7.62. The van der Waals surface area contributed by atoms with Crippen LogP contribution in [0, 0.1) is 23.7 Å². The van der Waals surface area contributed by atoms with Gasteiger partial charge in [0.2, 0.25) is 5.96 Å². The molecule has 3 aliphatic carbocycles. The lowest BCUT2D eigenvalue weighted by Gasteiger charge is -2.05. The lowest BCUT2D eigenvalue weighted by atomic mass is 10.0. The minimum Gasteiger partial charge on any atom is -0.368 e. The van der Waals surface area contributed by atoms with E-state index in [1.165, 1.54) is 19.3 Å². The van der Waals surface area contributed by atoms with Gasteiger partial charge in [0, 0.05) is 0 Å². The summed E-state index contributed by atoms with van der Waals surface area (Å²) < 4.78 is 0. The van der Waals surface area contributed by atoms with E-state index in [1.54, 1.807) is 0 Å². The molecule has 2 bridgehead atoms. The van der Waals surface area contributed by atoms with Crippen LogP contribution in [0.2, 0.25) is 0 Å². The number of rotatable bonds is 1. The highest BCUT2D eigenvalue weighted by Gasteiger charge is 2.65. The first-order valence-electron chi connectivity index (χ1n) is 5.04. The van der Waals surface area contributed by atoms with Gasteiger partial charge < -0.3 is 5.73 Å². The molecule has 4 N–H and O–H groups in total. The van der Waals surface area contributed by atoms with Crippen molar-refractivity contribution in [3.63, 3.8) is 0 Å². The van der Waals surface area contributed by atoms with Crippen molar-refractivity contribution in [1.82, 2.24) is 5.48 Å². The van der Waals surface area contributed by atoms with Gasteiger partial charge in [0.15, 0.2) is 0 Å². The average Bonchev–Trinajstić information content (AvgIpc) is 2.60. The fourth-order valence-corrected chi connectivity index (χ4v) is 3.64. The highest BCUT2D eigenvalue weighted by atomic mass is 16.5. The van der Waals surface area contributed by atoms with Crippen LogP contribution in [-0.2, 0) is 0 Å². The van der Waals surface area contributed by atoms with Crippen molar-refractivity contribution in [2.75, 3.05) is 0 Å². The summed E-state index contributed by atoms with van der Waals surface area (Å²) >= 11 is 0. The van der Waals surface area contributed by atoms with Crippen LogP contribution >= 0.6 is 0 Å². The lowest BCUT2D eigenvalue weighted by molar-refractivity contribution is 0.232. The van der Waals surface area contributed by atoms with E-state index in [2.05, 4.69) is 4.99 Å². The zero-order valence-corrected chi connectivity index (χ0v) is 7.48. The molecule has 0 aromatic rings. The number of nitrogens with zero attached hydrogens (tertiary/aromatic N) is 1. The molecule has 4 heteroatoms. The van der Waals surface area contributed by atoms with Gasteiger partial charge in [-0.3, -0.25) is 5.21 Å². The summed E-state index contributed by atoms with van der Waals surface area (Å²) in [5.41, 5.74) is 7.32. The molecule has 0 heterocycles. The van der Waals surface area contributed by atoms with Crippen molar-refractivity contribution in [1.29, 1.82) is 0 Å². The second-order valence-electron chi connectivity index (χ2n) is 4.60. The summed E-state index contributed by atoms with van der Waals surface area (Å²) in [5.74, 6) is 3.60. The van der Waals surface area contributed by atoms with Gasteiger partial charge in [0.25, 0.3) is 0 Å². The summed E-state index contributed by atoms with van der Waals surface area (Å²) in [7, 11) is 0. The highest BCUT2D eigenvalue weighted by Crippen LogP contribution is 2.66. The second-order valence-corrected chi connectivity index (χ2v) is 4.60. The predicted molar refractivity (Wildman–Crippen MR) is 48.1 cm³/mol. The normalized spacial score (nSPS) is 52.1. The Labute approximate surface area is 77.2 Å². The fourth-order valence-electron chi connectivity index (χ4n) is 3.64. The maximum absolute atomic E-state index is 8.52. The Kier molecular flexibility index (Phi) is 1.39. The van der Waals surface area contributed by atoms with E-state index in [1.807, 2.05) is 5.48 Å². The molecule has 0 saturated heterocycles. The van der Waals surface area contributed by atoms with Crippen LogP contribution in [0.1, 0.15) is 19.3 Å². The summed E-state index contributed by atoms with van der Waals surface area (Å²) in [6, 6.07) is 0.422. The molecule has 3 fully saturated rings. The van der Waals surface area contributed by atoms with Gasteiger partial charge in [-0.2, -0.15) is 0 Å². The standard InChI is InChI=1S/C9H15N3O/c10-9(12-13)11-8-6-4-1-2-5(3-4)7(6)8/h4-8,13H,1-3H2,(H3,10,11,12). The summed E-state index contributed by atoms with van der Waals surface area (Å²) in [6.45, 7) is 0. The van der Waals surface area contributed by atoms with Crippen LogP contribution < -0.4 is 11.2 Å². The van der Waals surface area contributed by atoms with Crippen LogP contribution in [0.25, 0.3) is 0 Å². The van der Waals surface area contributed by atoms with Gasteiger partial charge in [-0.15, -0.1) is 0 Å². The fraction of sp³-hybridized carbons (Fsp3) is 0.889. The maximum Gasteiger partial charge on any atom is 0.213 e. The van der Waals surface area contributed by atoms with Crippen molar-refractivity contribution in [3.05, 3.63) is 0 Å². The largest absolute Gasteiger partial charge is 0.368 e. The molecule has 4 unspecified atom stereocenters. The third-order valence-electron chi connectivity index (χ3n) is 4.10.